The molecule has 0 spiro atoms. The highest BCUT2D eigenvalue weighted by atomic mass is 16.5. The Kier molecular flexibility index (Phi) is 4.77. The molecule has 2 aliphatic rings. The highest BCUT2D eigenvalue weighted by Gasteiger charge is 2.28. The number of ketones is 1. The summed E-state index contributed by atoms with van der Waals surface area (Å²) in [6.45, 7) is 1.45. The standard InChI is InChI=1S/C25H22N2O4/c1-14-18-12-15(10-11-21(18)27-24(14)29)22(28)13-31-25(30)23-16-6-2-4-8-19(16)26-20-9-5-3-7-17(20)23/h2,4,6,8,10-12,14H,3,5,7,9,13H2,1H3,(H,27,29)/t14-/m0/s1. The number of nitrogens with zero attached hydrogens (tertiary/aromatic N) is 1. The van der Waals surface area contributed by atoms with Crippen molar-refractivity contribution in [3.8, 4) is 0 Å². The van der Waals surface area contributed by atoms with Crippen LogP contribution in [0.15, 0.2) is 42.5 Å². The van der Waals surface area contributed by atoms with Gasteiger partial charge in [-0.3, -0.25) is 14.6 Å². The molecule has 1 amide bonds. The number of Topliss-reactive ketones (excluding diaryl/α,β-unsaturated/α-hetero) is 1. The average Bonchev–Trinajstić information content (AvgIpc) is 3.08. The largest absolute Gasteiger partial charge is 0.454 e. The summed E-state index contributed by atoms with van der Waals surface area (Å²) in [6.07, 6.45) is 3.69. The molecule has 0 unspecified atom stereocenters. The molecular weight excluding hydrogens is 392 g/mol. The van der Waals surface area contributed by atoms with Crippen molar-refractivity contribution in [2.75, 3.05) is 11.9 Å². The van der Waals surface area contributed by atoms with E-state index in [1.54, 1.807) is 25.1 Å². The maximum absolute atomic E-state index is 13.1. The van der Waals surface area contributed by atoms with Gasteiger partial charge >= 0.3 is 5.97 Å². The van der Waals surface area contributed by atoms with E-state index in [4.69, 9.17) is 9.72 Å². The second-order valence-corrected chi connectivity index (χ2v) is 8.15. The number of amides is 1. The summed E-state index contributed by atoms with van der Waals surface area (Å²) in [7, 11) is 0. The van der Waals surface area contributed by atoms with Gasteiger partial charge in [-0.1, -0.05) is 18.2 Å². The van der Waals surface area contributed by atoms with Crippen LogP contribution in [-0.4, -0.2) is 29.3 Å². The molecule has 6 nitrogen and oxygen atoms in total. The fraction of sp³-hybridized carbons (Fsp3) is 0.280. The maximum atomic E-state index is 13.1. The minimum Gasteiger partial charge on any atom is -0.454 e. The number of fused-ring (bicyclic) bond motifs is 3. The molecule has 2 heterocycles. The van der Waals surface area contributed by atoms with Crippen molar-refractivity contribution in [2.24, 2.45) is 0 Å². The van der Waals surface area contributed by atoms with Gasteiger partial charge in [0, 0.05) is 22.3 Å². The second-order valence-electron chi connectivity index (χ2n) is 8.15. The maximum Gasteiger partial charge on any atom is 0.339 e. The third-order valence-electron chi connectivity index (χ3n) is 6.20. The van der Waals surface area contributed by atoms with Crippen molar-refractivity contribution in [3.05, 3.63) is 70.4 Å². The molecule has 5 rings (SSSR count). The van der Waals surface area contributed by atoms with Crippen molar-refractivity contribution in [1.82, 2.24) is 4.98 Å². The first kappa shape index (κ1) is 19.4. The monoisotopic (exact) mass is 414 g/mol. The number of carbonyl (C=O) groups excluding carboxylic acids is 3. The number of ether oxygens (including phenoxy) is 1. The van der Waals surface area contributed by atoms with Crippen LogP contribution in [0.4, 0.5) is 5.69 Å². The minimum absolute atomic E-state index is 0.0830. The van der Waals surface area contributed by atoms with E-state index in [-0.39, 0.29) is 24.2 Å². The molecule has 156 valence electrons. The zero-order valence-electron chi connectivity index (χ0n) is 17.2. The van der Waals surface area contributed by atoms with Gasteiger partial charge in [0.2, 0.25) is 5.91 Å². The number of benzene rings is 2. The van der Waals surface area contributed by atoms with Crippen LogP contribution in [0.1, 0.15) is 63.2 Å². The van der Waals surface area contributed by atoms with E-state index in [9.17, 15) is 14.4 Å². The fourth-order valence-corrected chi connectivity index (χ4v) is 4.48. The van der Waals surface area contributed by atoms with Gasteiger partial charge in [-0.25, -0.2) is 4.79 Å². The van der Waals surface area contributed by atoms with Crippen molar-refractivity contribution >= 4 is 34.3 Å². The van der Waals surface area contributed by atoms with Crippen LogP contribution >= 0.6 is 0 Å². The predicted molar refractivity (Wildman–Crippen MR) is 116 cm³/mol. The molecule has 0 fully saturated rings. The molecule has 1 aliphatic carbocycles. The molecule has 0 radical (unpaired) electrons. The number of carbonyl (C=O) groups is 3. The van der Waals surface area contributed by atoms with Crippen molar-refractivity contribution in [2.45, 2.75) is 38.5 Å². The number of hydrogen-bond donors (Lipinski definition) is 1. The summed E-state index contributed by atoms with van der Waals surface area (Å²) >= 11 is 0. The SMILES string of the molecule is C[C@@H]1C(=O)Nc2ccc(C(=O)COC(=O)c3c4c(nc5ccccc35)CCCC4)cc21. The molecule has 0 bridgehead atoms. The highest BCUT2D eigenvalue weighted by Crippen LogP contribution is 2.33. The van der Waals surface area contributed by atoms with Gasteiger partial charge in [0.15, 0.2) is 12.4 Å². The van der Waals surface area contributed by atoms with Gasteiger partial charge in [0.25, 0.3) is 0 Å². The summed E-state index contributed by atoms with van der Waals surface area (Å²) in [6, 6.07) is 12.6. The number of hydrogen-bond acceptors (Lipinski definition) is 5. The lowest BCUT2D eigenvalue weighted by molar-refractivity contribution is -0.116. The number of nitrogens with one attached hydrogen (secondary N) is 1. The topological polar surface area (TPSA) is 85.4 Å². The van der Waals surface area contributed by atoms with Crippen LogP contribution in [0.5, 0.6) is 0 Å². The average molecular weight is 414 g/mol. The number of para-hydroxylation sites is 1. The van der Waals surface area contributed by atoms with Gasteiger partial charge in [-0.2, -0.15) is 0 Å². The summed E-state index contributed by atoms with van der Waals surface area (Å²) in [5, 5.41) is 3.55. The Morgan fingerprint density at radius 3 is 2.81 bits per heavy atom. The van der Waals surface area contributed by atoms with E-state index < -0.39 is 5.97 Å². The normalized spacial score (nSPS) is 17.1. The molecule has 1 N–H and O–H groups in total. The Morgan fingerprint density at radius 1 is 1.13 bits per heavy atom. The summed E-state index contributed by atoms with van der Waals surface area (Å²) in [4.78, 5) is 42.4. The summed E-state index contributed by atoms with van der Waals surface area (Å²) in [5.41, 5.74) is 5.14. The lowest BCUT2D eigenvalue weighted by Gasteiger charge is -2.19. The van der Waals surface area contributed by atoms with Gasteiger partial charge < -0.3 is 10.1 Å². The van der Waals surface area contributed by atoms with E-state index >= 15 is 0 Å². The van der Waals surface area contributed by atoms with E-state index in [0.717, 1.165) is 59.1 Å². The molecule has 0 saturated heterocycles. The van der Waals surface area contributed by atoms with Crippen LogP contribution in [0.3, 0.4) is 0 Å². The Labute approximate surface area is 179 Å². The number of aryl methyl sites for hydroxylation is 1. The van der Waals surface area contributed by atoms with Gasteiger partial charge in [-0.15, -0.1) is 0 Å². The van der Waals surface area contributed by atoms with E-state index in [2.05, 4.69) is 5.32 Å². The quantitative estimate of drug-likeness (QED) is 0.511. The molecule has 31 heavy (non-hydrogen) atoms. The lowest BCUT2D eigenvalue weighted by Crippen LogP contribution is -2.19. The third-order valence-corrected chi connectivity index (χ3v) is 6.20. The number of rotatable bonds is 4. The Morgan fingerprint density at radius 2 is 1.94 bits per heavy atom. The molecule has 1 aliphatic heterocycles. The summed E-state index contributed by atoms with van der Waals surface area (Å²) < 4.78 is 5.49. The van der Waals surface area contributed by atoms with Crippen LogP contribution in [-0.2, 0) is 22.4 Å². The third kappa shape index (κ3) is 3.38. The second kappa shape index (κ2) is 7.61. The Bertz CT molecular complexity index is 1250. The molecule has 3 aromatic rings. The Balaban J connectivity index is 1.40. The van der Waals surface area contributed by atoms with Crippen molar-refractivity contribution < 1.29 is 19.1 Å². The van der Waals surface area contributed by atoms with Crippen LogP contribution in [0.2, 0.25) is 0 Å². The Hall–Kier alpha value is -3.54. The number of esters is 1. The number of anilines is 1. The van der Waals surface area contributed by atoms with E-state index in [1.807, 2.05) is 24.3 Å². The van der Waals surface area contributed by atoms with E-state index in [0.29, 0.717) is 11.1 Å². The van der Waals surface area contributed by atoms with Crippen LogP contribution < -0.4 is 5.32 Å². The molecule has 2 aromatic carbocycles. The first-order valence-corrected chi connectivity index (χ1v) is 10.6. The first-order valence-electron chi connectivity index (χ1n) is 10.6. The molecule has 1 atom stereocenters. The lowest BCUT2D eigenvalue weighted by atomic mass is 9.90. The smallest absolute Gasteiger partial charge is 0.339 e. The molecule has 6 heteroatoms. The molecule has 1 aromatic heterocycles. The zero-order chi connectivity index (χ0) is 21.5. The zero-order valence-corrected chi connectivity index (χ0v) is 17.2. The van der Waals surface area contributed by atoms with Gasteiger partial charge in [0.1, 0.15) is 0 Å². The van der Waals surface area contributed by atoms with Crippen molar-refractivity contribution in [1.29, 1.82) is 0 Å². The van der Waals surface area contributed by atoms with Crippen LogP contribution in [0, 0.1) is 0 Å². The number of aromatic nitrogens is 1. The summed E-state index contributed by atoms with van der Waals surface area (Å²) in [5.74, 6) is -1.17. The first-order chi connectivity index (χ1) is 15.0. The van der Waals surface area contributed by atoms with Gasteiger partial charge in [0.05, 0.1) is 17.0 Å². The minimum atomic E-state index is -0.489. The molecule has 0 saturated carbocycles. The van der Waals surface area contributed by atoms with Crippen molar-refractivity contribution in [3.63, 3.8) is 0 Å². The molecular formula is C25H22N2O4. The fourth-order valence-electron chi connectivity index (χ4n) is 4.48. The highest BCUT2D eigenvalue weighted by molar-refractivity contribution is 6.07. The number of pyridine rings is 1. The van der Waals surface area contributed by atoms with Crippen LogP contribution in [0.25, 0.3) is 10.9 Å². The van der Waals surface area contributed by atoms with E-state index in [1.165, 1.54) is 0 Å². The van der Waals surface area contributed by atoms with Gasteiger partial charge in [-0.05, 0) is 68.0 Å². The predicted octanol–water partition coefficient (Wildman–Crippen LogP) is 4.21.